The number of carbonyl (C=O) groups is 1. The lowest BCUT2D eigenvalue weighted by Crippen LogP contribution is -2.41. The van der Waals surface area contributed by atoms with Gasteiger partial charge in [-0.05, 0) is 24.3 Å². The molecule has 0 bridgehead atoms. The van der Waals surface area contributed by atoms with E-state index >= 15 is 0 Å². The molecule has 0 aliphatic carbocycles. The first-order valence-corrected chi connectivity index (χ1v) is 8.88. The minimum atomic E-state index is -0.259. The number of hydrogen-bond donors (Lipinski definition) is 2. The number of morpholine rings is 1. The summed E-state index contributed by atoms with van der Waals surface area (Å²) in [6.45, 7) is 3.13. The normalized spacial score (nSPS) is 15.0. The summed E-state index contributed by atoms with van der Waals surface area (Å²) in [6.07, 6.45) is 0. The molecule has 138 valence electrons. The van der Waals surface area contributed by atoms with E-state index in [4.69, 9.17) is 4.74 Å². The molecule has 0 radical (unpaired) electrons. The third kappa shape index (κ3) is 4.05. The van der Waals surface area contributed by atoms with E-state index in [0.717, 1.165) is 13.1 Å². The summed E-state index contributed by atoms with van der Waals surface area (Å²) < 4.78 is 5.29. The fourth-order valence-electron chi connectivity index (χ4n) is 3.13. The Hall–Kier alpha value is -3.03. The van der Waals surface area contributed by atoms with Gasteiger partial charge in [0.05, 0.1) is 30.8 Å². The molecule has 1 fully saturated rings. The average Bonchev–Trinajstić information content (AvgIpc) is 2.68. The van der Waals surface area contributed by atoms with Crippen LogP contribution in [0.4, 0.5) is 5.69 Å². The highest BCUT2D eigenvalue weighted by Crippen LogP contribution is 2.20. The quantitative estimate of drug-likeness (QED) is 0.738. The predicted octanol–water partition coefficient (Wildman–Crippen LogP) is 1.86. The number of aromatic amines is 1. The highest BCUT2D eigenvalue weighted by molar-refractivity contribution is 5.93. The van der Waals surface area contributed by atoms with Crippen molar-refractivity contribution in [1.29, 1.82) is 0 Å². The number of rotatable bonds is 4. The Bertz CT molecular complexity index is 1020. The molecular weight excluding hydrogens is 344 g/mol. The fourth-order valence-corrected chi connectivity index (χ4v) is 3.13. The maximum atomic E-state index is 12.4. The Morgan fingerprint density at radius 2 is 1.96 bits per heavy atom. The average molecular weight is 364 g/mol. The van der Waals surface area contributed by atoms with Crippen molar-refractivity contribution in [3.8, 4) is 11.3 Å². The maximum Gasteiger partial charge on any atom is 0.274 e. The van der Waals surface area contributed by atoms with Crippen LogP contribution < -0.4 is 10.9 Å². The van der Waals surface area contributed by atoms with Crippen molar-refractivity contribution in [3.05, 3.63) is 58.9 Å². The van der Waals surface area contributed by atoms with Crippen molar-refractivity contribution in [2.75, 3.05) is 38.2 Å². The Morgan fingerprint density at radius 1 is 1.15 bits per heavy atom. The van der Waals surface area contributed by atoms with Gasteiger partial charge in [0.1, 0.15) is 5.69 Å². The molecular formula is C20H20N4O3. The van der Waals surface area contributed by atoms with E-state index < -0.39 is 0 Å². The zero-order valence-electron chi connectivity index (χ0n) is 14.8. The number of carbonyl (C=O) groups excluding carboxylic acids is 1. The van der Waals surface area contributed by atoms with Crippen LogP contribution in [0, 0.1) is 0 Å². The molecule has 2 aromatic carbocycles. The van der Waals surface area contributed by atoms with E-state index in [1.54, 1.807) is 18.2 Å². The largest absolute Gasteiger partial charge is 0.379 e. The molecule has 1 amide bonds. The SMILES string of the molecule is O=C(CN1CCOCC1)Nc1cccc(-c2nc3ccccc3[nH]c2=O)c1. The van der Waals surface area contributed by atoms with Gasteiger partial charge in [0, 0.05) is 24.3 Å². The third-order valence-electron chi connectivity index (χ3n) is 4.49. The van der Waals surface area contributed by atoms with Crippen molar-refractivity contribution >= 4 is 22.6 Å². The summed E-state index contributed by atoms with van der Waals surface area (Å²) in [7, 11) is 0. The van der Waals surface area contributed by atoms with E-state index in [9.17, 15) is 9.59 Å². The Labute approximate surface area is 156 Å². The van der Waals surface area contributed by atoms with Gasteiger partial charge in [-0.2, -0.15) is 0 Å². The summed E-state index contributed by atoms with van der Waals surface area (Å²) in [5, 5.41) is 2.89. The van der Waals surface area contributed by atoms with Crippen LogP contribution in [-0.2, 0) is 9.53 Å². The maximum absolute atomic E-state index is 12.4. The van der Waals surface area contributed by atoms with Crippen LogP contribution in [0.15, 0.2) is 53.3 Å². The number of amides is 1. The van der Waals surface area contributed by atoms with E-state index in [0.29, 0.717) is 47.7 Å². The number of nitrogens with one attached hydrogen (secondary N) is 2. The summed E-state index contributed by atoms with van der Waals surface area (Å²) in [6, 6.07) is 14.6. The number of anilines is 1. The molecule has 3 aromatic rings. The molecule has 1 aliphatic rings. The lowest BCUT2D eigenvalue weighted by Gasteiger charge is -2.25. The monoisotopic (exact) mass is 364 g/mol. The summed E-state index contributed by atoms with van der Waals surface area (Å²) >= 11 is 0. The van der Waals surface area contributed by atoms with Crippen LogP contribution in [-0.4, -0.2) is 53.6 Å². The number of aromatic nitrogens is 2. The molecule has 0 saturated carbocycles. The van der Waals surface area contributed by atoms with Gasteiger partial charge < -0.3 is 15.0 Å². The van der Waals surface area contributed by atoms with Gasteiger partial charge >= 0.3 is 0 Å². The van der Waals surface area contributed by atoms with Gasteiger partial charge in [0.15, 0.2) is 0 Å². The topological polar surface area (TPSA) is 87.3 Å². The Kier molecular flexibility index (Phi) is 4.95. The smallest absolute Gasteiger partial charge is 0.274 e. The third-order valence-corrected chi connectivity index (χ3v) is 4.49. The first-order valence-electron chi connectivity index (χ1n) is 8.88. The van der Waals surface area contributed by atoms with Crippen molar-refractivity contribution in [1.82, 2.24) is 14.9 Å². The number of benzene rings is 2. The van der Waals surface area contributed by atoms with Gasteiger partial charge in [0.2, 0.25) is 5.91 Å². The van der Waals surface area contributed by atoms with E-state index in [-0.39, 0.29) is 11.5 Å². The molecule has 1 aliphatic heterocycles. The van der Waals surface area contributed by atoms with Gasteiger partial charge in [-0.1, -0.05) is 24.3 Å². The van der Waals surface area contributed by atoms with E-state index in [2.05, 4.69) is 20.2 Å². The van der Waals surface area contributed by atoms with Crippen LogP contribution in [0.2, 0.25) is 0 Å². The standard InChI is InChI=1S/C20H20N4O3/c25-18(13-24-8-10-27-11-9-24)21-15-5-3-4-14(12-15)19-20(26)23-17-7-2-1-6-16(17)22-19/h1-7,12H,8-11,13H2,(H,21,25)(H,23,26). The van der Waals surface area contributed by atoms with Crippen molar-refractivity contribution in [2.24, 2.45) is 0 Å². The van der Waals surface area contributed by atoms with Crippen LogP contribution >= 0.6 is 0 Å². The minimum absolute atomic E-state index is 0.0885. The van der Waals surface area contributed by atoms with Crippen molar-refractivity contribution in [3.63, 3.8) is 0 Å². The second-order valence-electron chi connectivity index (χ2n) is 6.45. The molecule has 7 heteroatoms. The van der Waals surface area contributed by atoms with Crippen LogP contribution in [0.5, 0.6) is 0 Å². The molecule has 0 spiro atoms. The zero-order valence-corrected chi connectivity index (χ0v) is 14.8. The fraction of sp³-hybridized carbons (Fsp3) is 0.250. The molecule has 0 atom stereocenters. The Balaban J connectivity index is 1.54. The molecule has 1 saturated heterocycles. The Morgan fingerprint density at radius 3 is 2.81 bits per heavy atom. The first kappa shape index (κ1) is 17.4. The molecule has 7 nitrogen and oxygen atoms in total. The molecule has 1 aromatic heterocycles. The number of nitrogens with zero attached hydrogens (tertiary/aromatic N) is 2. The molecule has 0 unspecified atom stereocenters. The van der Waals surface area contributed by atoms with Gasteiger partial charge in [0.25, 0.3) is 5.56 Å². The number of para-hydroxylation sites is 2. The summed E-state index contributed by atoms with van der Waals surface area (Å²) in [5.74, 6) is -0.0885. The number of hydrogen-bond acceptors (Lipinski definition) is 5. The van der Waals surface area contributed by atoms with Gasteiger partial charge in [-0.3, -0.25) is 14.5 Å². The van der Waals surface area contributed by atoms with Gasteiger partial charge in [-0.25, -0.2) is 4.98 Å². The molecule has 4 rings (SSSR count). The van der Waals surface area contributed by atoms with Crippen LogP contribution in [0.1, 0.15) is 0 Å². The summed E-state index contributed by atoms with van der Waals surface area (Å²) in [4.78, 5) is 34.1. The minimum Gasteiger partial charge on any atom is -0.379 e. The number of ether oxygens (including phenoxy) is 1. The lowest BCUT2D eigenvalue weighted by atomic mass is 10.1. The first-order chi connectivity index (χ1) is 13.2. The predicted molar refractivity (Wildman–Crippen MR) is 104 cm³/mol. The van der Waals surface area contributed by atoms with E-state index in [1.807, 2.05) is 30.3 Å². The van der Waals surface area contributed by atoms with Crippen molar-refractivity contribution < 1.29 is 9.53 Å². The highest BCUT2D eigenvalue weighted by atomic mass is 16.5. The molecule has 27 heavy (non-hydrogen) atoms. The molecule has 2 heterocycles. The van der Waals surface area contributed by atoms with Gasteiger partial charge in [-0.15, -0.1) is 0 Å². The number of fused-ring (bicyclic) bond motifs is 1. The highest BCUT2D eigenvalue weighted by Gasteiger charge is 2.15. The van der Waals surface area contributed by atoms with Crippen molar-refractivity contribution in [2.45, 2.75) is 0 Å². The zero-order chi connectivity index (χ0) is 18.6. The van der Waals surface area contributed by atoms with Crippen LogP contribution in [0.3, 0.4) is 0 Å². The molecule has 2 N–H and O–H groups in total. The second-order valence-corrected chi connectivity index (χ2v) is 6.45. The second kappa shape index (κ2) is 7.69. The summed E-state index contributed by atoms with van der Waals surface area (Å²) in [5.41, 5.74) is 2.78. The van der Waals surface area contributed by atoms with E-state index in [1.165, 1.54) is 0 Å². The lowest BCUT2D eigenvalue weighted by molar-refractivity contribution is -0.118. The van der Waals surface area contributed by atoms with Crippen LogP contribution in [0.25, 0.3) is 22.3 Å². The number of H-pyrrole nitrogens is 1.